The summed E-state index contributed by atoms with van der Waals surface area (Å²) in [7, 11) is 1.67. The van der Waals surface area contributed by atoms with Gasteiger partial charge in [0.05, 0.1) is 24.3 Å². The molecule has 1 fully saturated rings. The van der Waals surface area contributed by atoms with Crippen LogP contribution in [0, 0.1) is 5.92 Å². The molecule has 1 aliphatic heterocycles. The molecule has 1 N–H and O–H groups in total. The summed E-state index contributed by atoms with van der Waals surface area (Å²) in [4.78, 5) is 0. The number of hydrogen-bond acceptors (Lipinski definition) is 3. The van der Waals surface area contributed by atoms with E-state index in [9.17, 15) is 0 Å². The Morgan fingerprint density at radius 1 is 1.44 bits per heavy atom. The summed E-state index contributed by atoms with van der Waals surface area (Å²) >= 11 is 3.49. The molecule has 100 valence electrons. The molecular formula is C14H20BrNO2. The molecule has 1 aromatic carbocycles. The van der Waals surface area contributed by atoms with Gasteiger partial charge in [-0.1, -0.05) is 13.0 Å². The zero-order valence-electron chi connectivity index (χ0n) is 10.9. The van der Waals surface area contributed by atoms with Gasteiger partial charge in [0, 0.05) is 6.54 Å². The monoisotopic (exact) mass is 313 g/mol. The van der Waals surface area contributed by atoms with Gasteiger partial charge in [0.25, 0.3) is 0 Å². The SMILES string of the molecule is COc1ccc(COC2CNCCC2C)cc1Br. The Labute approximate surface area is 117 Å². The minimum Gasteiger partial charge on any atom is -0.496 e. The molecule has 0 bridgehead atoms. The van der Waals surface area contributed by atoms with E-state index in [0.29, 0.717) is 18.6 Å². The van der Waals surface area contributed by atoms with E-state index in [0.717, 1.165) is 23.3 Å². The minimum atomic E-state index is 0.319. The minimum absolute atomic E-state index is 0.319. The zero-order valence-corrected chi connectivity index (χ0v) is 12.5. The Morgan fingerprint density at radius 3 is 2.94 bits per heavy atom. The van der Waals surface area contributed by atoms with Crippen molar-refractivity contribution >= 4 is 15.9 Å². The molecule has 1 saturated heterocycles. The van der Waals surface area contributed by atoms with Gasteiger partial charge in [-0.25, -0.2) is 0 Å². The molecule has 18 heavy (non-hydrogen) atoms. The molecule has 1 aromatic rings. The second-order valence-electron chi connectivity index (χ2n) is 4.79. The van der Waals surface area contributed by atoms with E-state index in [-0.39, 0.29) is 0 Å². The fourth-order valence-electron chi connectivity index (χ4n) is 2.19. The van der Waals surface area contributed by atoms with Crippen LogP contribution >= 0.6 is 15.9 Å². The highest BCUT2D eigenvalue weighted by molar-refractivity contribution is 9.10. The third-order valence-corrected chi connectivity index (χ3v) is 4.06. The van der Waals surface area contributed by atoms with Crippen LogP contribution in [-0.2, 0) is 11.3 Å². The normalized spacial score (nSPS) is 23.9. The lowest BCUT2D eigenvalue weighted by atomic mass is 9.97. The fourth-order valence-corrected chi connectivity index (χ4v) is 2.78. The average molecular weight is 314 g/mol. The van der Waals surface area contributed by atoms with Crippen molar-refractivity contribution in [3.8, 4) is 5.75 Å². The van der Waals surface area contributed by atoms with Crippen LogP contribution in [0.3, 0.4) is 0 Å². The first-order chi connectivity index (χ1) is 8.70. The first kappa shape index (κ1) is 13.8. The van der Waals surface area contributed by atoms with Crippen LogP contribution in [0.15, 0.2) is 22.7 Å². The third kappa shape index (κ3) is 3.46. The maximum Gasteiger partial charge on any atom is 0.133 e. The van der Waals surface area contributed by atoms with E-state index >= 15 is 0 Å². The molecule has 2 atom stereocenters. The summed E-state index contributed by atoms with van der Waals surface area (Å²) in [6.07, 6.45) is 1.51. The maximum absolute atomic E-state index is 5.99. The standard InChI is InChI=1S/C14H20BrNO2/c1-10-5-6-16-8-14(10)18-9-11-3-4-13(17-2)12(15)7-11/h3-4,7,10,14,16H,5-6,8-9H2,1-2H3. The van der Waals surface area contributed by atoms with Gasteiger partial charge in [-0.05, 0) is 52.5 Å². The van der Waals surface area contributed by atoms with E-state index in [1.807, 2.05) is 12.1 Å². The highest BCUT2D eigenvalue weighted by atomic mass is 79.9. The summed E-state index contributed by atoms with van der Waals surface area (Å²) in [6, 6.07) is 6.07. The molecule has 2 unspecified atom stereocenters. The Kier molecular flexibility index (Phi) is 5.03. The molecule has 0 spiro atoms. The predicted molar refractivity (Wildman–Crippen MR) is 75.9 cm³/mol. The second-order valence-corrected chi connectivity index (χ2v) is 5.64. The first-order valence-electron chi connectivity index (χ1n) is 6.35. The van der Waals surface area contributed by atoms with Crippen molar-refractivity contribution in [3.05, 3.63) is 28.2 Å². The summed E-state index contributed by atoms with van der Waals surface area (Å²) in [6.45, 7) is 4.97. The van der Waals surface area contributed by atoms with Gasteiger partial charge in [-0.2, -0.15) is 0 Å². The Hall–Kier alpha value is -0.580. The smallest absolute Gasteiger partial charge is 0.133 e. The van der Waals surface area contributed by atoms with Gasteiger partial charge in [-0.3, -0.25) is 0 Å². The van der Waals surface area contributed by atoms with E-state index in [4.69, 9.17) is 9.47 Å². The predicted octanol–water partition coefficient (Wildman–Crippen LogP) is 2.97. The first-order valence-corrected chi connectivity index (χ1v) is 7.14. The van der Waals surface area contributed by atoms with Crippen LogP contribution in [-0.4, -0.2) is 26.3 Å². The number of methoxy groups -OCH3 is 1. The van der Waals surface area contributed by atoms with Gasteiger partial charge in [-0.15, -0.1) is 0 Å². The highest BCUT2D eigenvalue weighted by Gasteiger charge is 2.21. The van der Waals surface area contributed by atoms with Crippen molar-refractivity contribution in [3.63, 3.8) is 0 Å². The third-order valence-electron chi connectivity index (χ3n) is 3.44. The average Bonchev–Trinajstić information content (AvgIpc) is 2.38. The van der Waals surface area contributed by atoms with Gasteiger partial charge in [0.2, 0.25) is 0 Å². The zero-order chi connectivity index (χ0) is 13.0. The van der Waals surface area contributed by atoms with Crippen LogP contribution in [0.2, 0.25) is 0 Å². The molecule has 0 saturated carbocycles. The lowest BCUT2D eigenvalue weighted by molar-refractivity contribution is -0.00660. The van der Waals surface area contributed by atoms with Crippen LogP contribution in [0.1, 0.15) is 18.9 Å². The van der Waals surface area contributed by atoms with Crippen molar-refractivity contribution in [2.75, 3.05) is 20.2 Å². The number of halogens is 1. The molecule has 1 aliphatic rings. The molecule has 0 aliphatic carbocycles. The van der Waals surface area contributed by atoms with Crippen LogP contribution in [0.25, 0.3) is 0 Å². The number of piperidine rings is 1. The number of hydrogen-bond donors (Lipinski definition) is 1. The lowest BCUT2D eigenvalue weighted by Gasteiger charge is -2.29. The number of rotatable bonds is 4. The molecule has 0 amide bonds. The number of benzene rings is 1. The lowest BCUT2D eigenvalue weighted by Crippen LogP contribution is -2.40. The fraction of sp³-hybridized carbons (Fsp3) is 0.571. The molecule has 0 aromatic heterocycles. The number of nitrogens with one attached hydrogen (secondary N) is 1. The Bertz CT molecular complexity index is 397. The van der Waals surface area contributed by atoms with Crippen LogP contribution < -0.4 is 10.1 Å². The van der Waals surface area contributed by atoms with Gasteiger partial charge in [0.15, 0.2) is 0 Å². The van der Waals surface area contributed by atoms with Crippen molar-refractivity contribution in [2.45, 2.75) is 26.1 Å². The van der Waals surface area contributed by atoms with E-state index in [1.54, 1.807) is 7.11 Å². The highest BCUT2D eigenvalue weighted by Crippen LogP contribution is 2.26. The molecule has 3 nitrogen and oxygen atoms in total. The topological polar surface area (TPSA) is 30.5 Å². The largest absolute Gasteiger partial charge is 0.496 e. The maximum atomic E-state index is 5.99. The quantitative estimate of drug-likeness (QED) is 0.927. The van der Waals surface area contributed by atoms with Crippen molar-refractivity contribution in [1.82, 2.24) is 5.32 Å². The van der Waals surface area contributed by atoms with Crippen molar-refractivity contribution < 1.29 is 9.47 Å². The second kappa shape index (κ2) is 6.55. The van der Waals surface area contributed by atoms with Gasteiger partial charge < -0.3 is 14.8 Å². The van der Waals surface area contributed by atoms with E-state index in [1.165, 1.54) is 12.0 Å². The van der Waals surface area contributed by atoms with Crippen molar-refractivity contribution in [2.24, 2.45) is 5.92 Å². The molecular weight excluding hydrogens is 294 g/mol. The van der Waals surface area contributed by atoms with Crippen LogP contribution in [0.4, 0.5) is 0 Å². The molecule has 1 heterocycles. The molecule has 2 rings (SSSR count). The van der Waals surface area contributed by atoms with E-state index < -0.39 is 0 Å². The molecule has 0 radical (unpaired) electrons. The van der Waals surface area contributed by atoms with Gasteiger partial charge in [0.1, 0.15) is 5.75 Å². The Balaban J connectivity index is 1.91. The number of ether oxygens (including phenoxy) is 2. The summed E-state index contributed by atoms with van der Waals surface area (Å²) in [5, 5.41) is 3.38. The summed E-state index contributed by atoms with van der Waals surface area (Å²) in [5.41, 5.74) is 1.17. The molecule has 4 heteroatoms. The van der Waals surface area contributed by atoms with Crippen molar-refractivity contribution in [1.29, 1.82) is 0 Å². The van der Waals surface area contributed by atoms with E-state index in [2.05, 4.69) is 34.2 Å². The summed E-state index contributed by atoms with van der Waals surface area (Å²) < 4.78 is 12.2. The van der Waals surface area contributed by atoms with Gasteiger partial charge >= 0.3 is 0 Å². The van der Waals surface area contributed by atoms with Crippen LogP contribution in [0.5, 0.6) is 5.75 Å². The Morgan fingerprint density at radius 2 is 2.28 bits per heavy atom. The summed E-state index contributed by atoms with van der Waals surface area (Å²) in [5.74, 6) is 1.49.